The van der Waals surface area contributed by atoms with E-state index in [2.05, 4.69) is 6.92 Å². The molecule has 0 spiro atoms. The maximum atomic E-state index is 11.7. The number of carbonyl (C=O) groups excluding carboxylic acids is 2. The van der Waals surface area contributed by atoms with Gasteiger partial charge in [0.2, 0.25) is 0 Å². The molecule has 0 bridgehead atoms. The van der Waals surface area contributed by atoms with Gasteiger partial charge in [0.15, 0.2) is 5.78 Å². The van der Waals surface area contributed by atoms with Gasteiger partial charge in [-0.2, -0.15) is 0 Å². The summed E-state index contributed by atoms with van der Waals surface area (Å²) in [7, 11) is 0. The summed E-state index contributed by atoms with van der Waals surface area (Å²) in [4.78, 5) is 23.2. The molecule has 1 N–H and O–H groups in total. The van der Waals surface area contributed by atoms with Crippen LogP contribution in [0, 0.1) is 0 Å². The number of hydrogen-bond acceptors (Lipinski definition) is 4. The topological polar surface area (TPSA) is 63.6 Å². The minimum absolute atomic E-state index is 0.103. The lowest BCUT2D eigenvalue weighted by atomic mass is 9.99. The molecule has 1 rings (SSSR count). The molecule has 18 heavy (non-hydrogen) atoms. The molecule has 0 saturated carbocycles. The Balaban J connectivity index is 2.50. The number of ketones is 1. The first-order valence-corrected chi connectivity index (χ1v) is 6.72. The zero-order valence-electron chi connectivity index (χ0n) is 11.2. The Morgan fingerprint density at radius 3 is 2.56 bits per heavy atom. The molecule has 1 heterocycles. The van der Waals surface area contributed by atoms with E-state index in [0.29, 0.717) is 6.42 Å². The molecule has 1 atom stereocenters. The number of aliphatic hydroxyl groups is 1. The van der Waals surface area contributed by atoms with Crippen molar-refractivity contribution in [3.8, 4) is 0 Å². The summed E-state index contributed by atoms with van der Waals surface area (Å²) in [5.41, 5.74) is -0.136. The molecule has 4 nitrogen and oxygen atoms in total. The summed E-state index contributed by atoms with van der Waals surface area (Å²) in [5.74, 6) is -1.08. The first-order chi connectivity index (χ1) is 8.56. The van der Waals surface area contributed by atoms with E-state index in [1.807, 2.05) is 0 Å². The van der Waals surface area contributed by atoms with E-state index in [1.165, 1.54) is 6.42 Å². The quantitative estimate of drug-likeness (QED) is 0.260. The van der Waals surface area contributed by atoms with Gasteiger partial charge in [0.1, 0.15) is 17.4 Å². The van der Waals surface area contributed by atoms with Crippen LogP contribution in [0.15, 0.2) is 11.3 Å². The number of Topliss-reactive ketones (excluding diaryl/α,β-unsaturated/α-hetero) is 1. The number of allylic oxidation sites excluding steroid dienone is 1. The van der Waals surface area contributed by atoms with Crippen LogP contribution >= 0.6 is 0 Å². The fourth-order valence-electron chi connectivity index (χ4n) is 2.06. The van der Waals surface area contributed by atoms with Gasteiger partial charge in [0.05, 0.1) is 0 Å². The Morgan fingerprint density at radius 2 is 1.94 bits per heavy atom. The summed E-state index contributed by atoms with van der Waals surface area (Å²) >= 11 is 0. The highest BCUT2D eigenvalue weighted by atomic mass is 16.5. The van der Waals surface area contributed by atoms with Crippen LogP contribution in [0.3, 0.4) is 0 Å². The molecule has 1 aliphatic heterocycles. The van der Waals surface area contributed by atoms with Crippen LogP contribution in [-0.2, 0) is 14.3 Å². The Labute approximate surface area is 108 Å². The van der Waals surface area contributed by atoms with Crippen LogP contribution in [0.4, 0.5) is 0 Å². The van der Waals surface area contributed by atoms with E-state index >= 15 is 0 Å². The van der Waals surface area contributed by atoms with Gasteiger partial charge >= 0.3 is 5.97 Å². The molecule has 1 saturated heterocycles. The highest BCUT2D eigenvalue weighted by Crippen LogP contribution is 2.21. The van der Waals surface area contributed by atoms with Crippen molar-refractivity contribution in [2.45, 2.75) is 64.9 Å². The zero-order chi connectivity index (χ0) is 13.5. The van der Waals surface area contributed by atoms with Crippen molar-refractivity contribution in [2.24, 2.45) is 0 Å². The molecular formula is C14H22O4. The average Bonchev–Trinajstić information content (AvgIpc) is 2.27. The largest absolute Gasteiger partial charge is 0.511 e. The molecule has 0 aromatic heterocycles. The van der Waals surface area contributed by atoms with Gasteiger partial charge in [0.25, 0.3) is 0 Å². The van der Waals surface area contributed by atoms with Gasteiger partial charge in [-0.1, -0.05) is 32.6 Å². The normalized spacial score (nSPS) is 22.9. The van der Waals surface area contributed by atoms with Crippen LogP contribution in [0.2, 0.25) is 0 Å². The van der Waals surface area contributed by atoms with Crippen LogP contribution < -0.4 is 0 Å². The molecule has 102 valence electrons. The van der Waals surface area contributed by atoms with Gasteiger partial charge in [-0.15, -0.1) is 0 Å². The Morgan fingerprint density at radius 1 is 1.28 bits per heavy atom. The molecule has 1 aliphatic rings. The standard InChI is InChI=1S/C14H22O4/c1-3-4-5-6-7-8-11(15)13-12(16)9-10(2)18-14(13)17/h10,15H,3-9H2,1-2H3/b13-11+/t10-/m1/s1. The molecule has 0 aliphatic carbocycles. The molecule has 0 amide bonds. The van der Waals surface area contributed by atoms with Crippen molar-refractivity contribution in [3.63, 3.8) is 0 Å². The van der Waals surface area contributed by atoms with Crippen molar-refractivity contribution in [1.82, 2.24) is 0 Å². The second-order valence-electron chi connectivity index (χ2n) is 4.83. The first kappa shape index (κ1) is 14.7. The van der Waals surface area contributed by atoms with E-state index in [9.17, 15) is 14.7 Å². The van der Waals surface area contributed by atoms with Gasteiger partial charge < -0.3 is 9.84 Å². The average molecular weight is 254 g/mol. The third kappa shape index (κ3) is 4.17. The predicted octanol–water partition coefficient (Wildman–Crippen LogP) is 3.06. The van der Waals surface area contributed by atoms with Crippen molar-refractivity contribution in [1.29, 1.82) is 0 Å². The van der Waals surface area contributed by atoms with E-state index in [1.54, 1.807) is 6.92 Å². The van der Waals surface area contributed by atoms with E-state index < -0.39 is 5.97 Å². The van der Waals surface area contributed by atoms with Crippen LogP contribution in [-0.4, -0.2) is 23.0 Å². The fourth-order valence-corrected chi connectivity index (χ4v) is 2.06. The molecular weight excluding hydrogens is 232 g/mol. The summed E-state index contributed by atoms with van der Waals surface area (Å²) in [6.45, 7) is 3.81. The van der Waals surface area contributed by atoms with Crippen molar-refractivity contribution in [3.05, 3.63) is 11.3 Å². The zero-order valence-corrected chi connectivity index (χ0v) is 11.2. The fraction of sp³-hybridized carbons (Fsp3) is 0.714. The number of unbranched alkanes of at least 4 members (excludes halogenated alkanes) is 4. The van der Waals surface area contributed by atoms with Gasteiger partial charge in [-0.25, -0.2) is 4.79 Å². The maximum Gasteiger partial charge on any atom is 0.345 e. The summed E-state index contributed by atoms with van der Waals surface area (Å²) in [6.07, 6.45) is 5.43. The van der Waals surface area contributed by atoms with Gasteiger partial charge in [-0.05, 0) is 13.3 Å². The molecule has 0 unspecified atom stereocenters. The van der Waals surface area contributed by atoms with Crippen LogP contribution in [0.1, 0.15) is 58.8 Å². The van der Waals surface area contributed by atoms with E-state index in [4.69, 9.17) is 4.74 Å². The predicted molar refractivity (Wildman–Crippen MR) is 68.2 cm³/mol. The smallest absolute Gasteiger partial charge is 0.345 e. The number of ether oxygens (including phenoxy) is 1. The Kier molecular flexibility index (Phi) is 5.89. The van der Waals surface area contributed by atoms with Crippen LogP contribution in [0.25, 0.3) is 0 Å². The highest BCUT2D eigenvalue weighted by molar-refractivity contribution is 6.19. The number of rotatable bonds is 6. The third-order valence-electron chi connectivity index (χ3n) is 3.07. The molecule has 0 aromatic rings. The summed E-state index contributed by atoms with van der Waals surface area (Å²) in [5, 5.41) is 9.82. The lowest BCUT2D eigenvalue weighted by molar-refractivity contribution is -0.150. The number of hydrogen-bond donors (Lipinski definition) is 1. The lowest BCUT2D eigenvalue weighted by Crippen LogP contribution is -2.31. The number of cyclic esters (lactones) is 1. The SMILES string of the molecule is CCCCCCC/C(O)=C1/C(=O)C[C@@H](C)OC1=O. The van der Waals surface area contributed by atoms with Crippen LogP contribution in [0.5, 0.6) is 0 Å². The molecule has 0 aromatic carbocycles. The first-order valence-electron chi connectivity index (χ1n) is 6.72. The Bertz CT molecular complexity index is 324. The maximum absolute atomic E-state index is 11.7. The number of esters is 1. The number of aliphatic hydroxyl groups excluding tert-OH is 1. The highest BCUT2D eigenvalue weighted by Gasteiger charge is 2.32. The minimum Gasteiger partial charge on any atom is -0.511 e. The van der Waals surface area contributed by atoms with Gasteiger partial charge in [-0.3, -0.25) is 4.79 Å². The van der Waals surface area contributed by atoms with Crippen molar-refractivity contribution < 1.29 is 19.4 Å². The van der Waals surface area contributed by atoms with Crippen molar-refractivity contribution >= 4 is 11.8 Å². The summed E-state index contributed by atoms with van der Waals surface area (Å²) < 4.78 is 4.96. The number of carbonyl (C=O) groups is 2. The van der Waals surface area contributed by atoms with E-state index in [0.717, 1.165) is 25.7 Å². The monoisotopic (exact) mass is 254 g/mol. The van der Waals surface area contributed by atoms with Gasteiger partial charge in [0, 0.05) is 12.8 Å². The second kappa shape index (κ2) is 7.19. The summed E-state index contributed by atoms with van der Waals surface area (Å²) in [6, 6.07) is 0. The lowest BCUT2D eigenvalue weighted by Gasteiger charge is -2.20. The molecule has 1 fully saturated rings. The van der Waals surface area contributed by atoms with Crippen molar-refractivity contribution in [2.75, 3.05) is 0 Å². The molecule has 4 heteroatoms. The Hall–Kier alpha value is -1.32. The third-order valence-corrected chi connectivity index (χ3v) is 3.07. The second-order valence-corrected chi connectivity index (χ2v) is 4.83. The minimum atomic E-state index is -0.676. The van der Waals surface area contributed by atoms with E-state index in [-0.39, 0.29) is 29.6 Å². The molecule has 0 radical (unpaired) electrons.